The van der Waals surface area contributed by atoms with Gasteiger partial charge in [-0.15, -0.1) is 11.3 Å². The number of anilines is 3. The van der Waals surface area contributed by atoms with Crippen molar-refractivity contribution in [1.29, 1.82) is 0 Å². The molecule has 0 bridgehead atoms. The molecule has 0 amide bonds. The molecule has 0 saturated carbocycles. The highest BCUT2D eigenvalue weighted by Crippen LogP contribution is 2.42. The van der Waals surface area contributed by atoms with Gasteiger partial charge in [0.05, 0.1) is 0 Å². The van der Waals surface area contributed by atoms with Gasteiger partial charge in [0.2, 0.25) is 0 Å². The van der Waals surface area contributed by atoms with Crippen LogP contribution < -0.4 is 4.90 Å². The number of hydrogen-bond acceptors (Lipinski definition) is 3. The van der Waals surface area contributed by atoms with Crippen LogP contribution in [0.4, 0.5) is 17.1 Å². The van der Waals surface area contributed by atoms with Gasteiger partial charge in [0.25, 0.3) is 0 Å². The molecule has 0 radical (unpaired) electrons. The Morgan fingerprint density at radius 3 is 1.51 bits per heavy atom. The quantitative estimate of drug-likeness (QED) is 0.136. The lowest BCUT2D eigenvalue weighted by Gasteiger charge is -2.26. The lowest BCUT2D eigenvalue weighted by molar-refractivity contribution is 0.669. The second-order valence-corrected chi connectivity index (χ2v) is 18.5. The van der Waals surface area contributed by atoms with Crippen LogP contribution in [0.1, 0.15) is 25.0 Å². The molecule has 0 spiro atoms. The zero-order valence-corrected chi connectivity index (χ0v) is 38.4. The minimum absolute atomic E-state index is 0.902. The molecule has 3 heteroatoms. The molecule has 0 aliphatic heterocycles. The predicted molar refractivity (Wildman–Crippen MR) is 287 cm³/mol. The Kier molecular flexibility index (Phi) is 10.3. The van der Waals surface area contributed by atoms with E-state index in [0.29, 0.717) is 0 Å². The van der Waals surface area contributed by atoms with E-state index in [0.717, 1.165) is 63.0 Å². The Morgan fingerprint density at radius 2 is 0.821 bits per heavy atom. The number of fused-ring (bicyclic) bond motifs is 6. The minimum Gasteiger partial charge on any atom is -0.456 e. The fourth-order valence-corrected chi connectivity index (χ4v) is 11.1. The van der Waals surface area contributed by atoms with Crippen LogP contribution in [-0.4, -0.2) is 0 Å². The fourth-order valence-electron chi connectivity index (χ4n) is 10.0. The van der Waals surface area contributed by atoms with Crippen molar-refractivity contribution >= 4 is 70.5 Å². The molecule has 10 aromatic carbocycles. The minimum atomic E-state index is 0.902. The second kappa shape index (κ2) is 17.1. The molecular weight excluding hydrogens is 831 g/mol. The van der Waals surface area contributed by atoms with E-state index >= 15 is 0 Å². The molecule has 320 valence electrons. The van der Waals surface area contributed by atoms with E-state index < -0.39 is 0 Å². The summed E-state index contributed by atoms with van der Waals surface area (Å²) in [5.41, 5.74) is 20.1. The average Bonchev–Trinajstić information content (AvgIpc) is 3.98. The Balaban J connectivity index is 0.884. The van der Waals surface area contributed by atoms with E-state index in [4.69, 9.17) is 4.42 Å². The summed E-state index contributed by atoms with van der Waals surface area (Å²) in [6.07, 6.45) is 2.02. The highest BCUT2D eigenvalue weighted by molar-refractivity contribution is 7.25. The molecule has 67 heavy (non-hydrogen) atoms. The summed E-state index contributed by atoms with van der Waals surface area (Å²) in [4.78, 5) is 2.36. The first-order valence-corrected chi connectivity index (χ1v) is 24.2. The maximum absolute atomic E-state index is 6.26. The van der Waals surface area contributed by atoms with Crippen molar-refractivity contribution in [2.45, 2.75) is 26.7 Å². The molecule has 2 aromatic heterocycles. The summed E-state index contributed by atoms with van der Waals surface area (Å²) in [7, 11) is 0. The van der Waals surface area contributed by atoms with Crippen LogP contribution in [0.2, 0.25) is 0 Å². The number of aryl methyl sites for hydroxylation is 2. The Labute approximate surface area is 395 Å². The molecule has 2 heterocycles. The van der Waals surface area contributed by atoms with E-state index in [9.17, 15) is 0 Å². The highest BCUT2D eigenvalue weighted by Gasteiger charge is 2.17. The molecule has 0 fully saturated rings. The van der Waals surface area contributed by atoms with Gasteiger partial charge in [0.15, 0.2) is 0 Å². The molecule has 12 aromatic rings. The third-order valence-corrected chi connectivity index (χ3v) is 14.7. The Morgan fingerprint density at radius 1 is 0.343 bits per heavy atom. The van der Waals surface area contributed by atoms with E-state index in [1.165, 1.54) is 75.8 Å². The smallest absolute Gasteiger partial charge is 0.136 e. The number of nitrogens with zero attached hydrogens (tertiary/aromatic N) is 1. The van der Waals surface area contributed by atoms with Gasteiger partial charge >= 0.3 is 0 Å². The van der Waals surface area contributed by atoms with Gasteiger partial charge in [0.1, 0.15) is 11.2 Å². The Hall–Kier alpha value is -7.98. The number of benzene rings is 10. The van der Waals surface area contributed by atoms with Gasteiger partial charge in [-0.25, -0.2) is 0 Å². The van der Waals surface area contributed by atoms with Crippen molar-refractivity contribution in [3.8, 4) is 55.6 Å². The number of thiophene rings is 1. The first kappa shape index (κ1) is 40.5. The summed E-state index contributed by atoms with van der Waals surface area (Å²) < 4.78 is 8.90. The normalized spacial score (nSPS) is 11.6. The van der Waals surface area contributed by atoms with E-state index in [-0.39, 0.29) is 0 Å². The topological polar surface area (TPSA) is 16.4 Å². The zero-order valence-electron chi connectivity index (χ0n) is 37.5. The average molecular weight is 878 g/mol. The van der Waals surface area contributed by atoms with E-state index in [1.54, 1.807) is 0 Å². The van der Waals surface area contributed by atoms with Crippen molar-refractivity contribution < 1.29 is 4.42 Å². The first-order valence-electron chi connectivity index (χ1n) is 23.3. The van der Waals surface area contributed by atoms with Crippen LogP contribution in [-0.2, 0) is 12.8 Å². The summed E-state index contributed by atoms with van der Waals surface area (Å²) in [5.74, 6) is 0. The van der Waals surface area contributed by atoms with Crippen LogP contribution in [0.15, 0.2) is 229 Å². The maximum atomic E-state index is 6.26. The van der Waals surface area contributed by atoms with Gasteiger partial charge in [-0.05, 0) is 152 Å². The predicted octanol–water partition coefficient (Wildman–Crippen LogP) is 18.9. The third kappa shape index (κ3) is 7.39. The molecule has 0 unspecified atom stereocenters. The first-order chi connectivity index (χ1) is 33.1. The summed E-state index contributed by atoms with van der Waals surface area (Å²) in [6.45, 7) is 4.49. The lowest BCUT2D eigenvalue weighted by atomic mass is 9.90. The molecule has 0 atom stereocenters. The van der Waals surface area contributed by atoms with Crippen molar-refractivity contribution in [2.24, 2.45) is 0 Å². The van der Waals surface area contributed by atoms with Crippen molar-refractivity contribution in [3.63, 3.8) is 0 Å². The van der Waals surface area contributed by atoms with Crippen molar-refractivity contribution in [1.82, 2.24) is 0 Å². The van der Waals surface area contributed by atoms with Crippen LogP contribution in [0.5, 0.6) is 0 Å². The van der Waals surface area contributed by atoms with Crippen molar-refractivity contribution in [3.05, 3.63) is 236 Å². The zero-order chi connectivity index (χ0) is 44.8. The molecular formula is C64H47NOS. The largest absolute Gasteiger partial charge is 0.456 e. The standard InChI is InChI=1S/C64H47NOS/c1-3-42-12-5-6-13-54(42)58-40-49(25-20-43(58)4-2)46-23-21-44(22-24-46)45-26-33-51(34-27-45)65(52-35-28-47(29-36-52)50-32-39-63-59(41-50)56-14-8-10-19-62(56)67-63)53-37-30-48(31-38-53)55-16-11-18-61-64(55)57-15-7-9-17-60(57)66-61/h5-41H,3-4H2,1-2H3. The van der Waals surface area contributed by atoms with Gasteiger partial charge in [-0.3, -0.25) is 0 Å². The maximum Gasteiger partial charge on any atom is 0.136 e. The number of furan rings is 1. The summed E-state index contributed by atoms with van der Waals surface area (Å²) in [5, 5.41) is 4.91. The van der Waals surface area contributed by atoms with Crippen LogP contribution in [0, 0.1) is 0 Å². The monoisotopic (exact) mass is 877 g/mol. The fraction of sp³-hybridized carbons (Fsp3) is 0.0625. The lowest BCUT2D eigenvalue weighted by Crippen LogP contribution is -2.09. The van der Waals surface area contributed by atoms with E-state index in [1.807, 2.05) is 23.5 Å². The number of para-hydroxylation sites is 1. The summed E-state index contributed by atoms with van der Waals surface area (Å²) in [6, 6.07) is 82.1. The van der Waals surface area contributed by atoms with Gasteiger partial charge < -0.3 is 9.32 Å². The highest BCUT2D eigenvalue weighted by atomic mass is 32.1. The second-order valence-electron chi connectivity index (χ2n) is 17.4. The number of hydrogen-bond donors (Lipinski definition) is 0. The SMILES string of the molecule is CCc1ccccc1-c1cc(-c2ccc(-c3ccc(N(c4ccc(-c5ccc6sc7ccccc7c6c5)cc4)c4ccc(-c5cccc6oc7ccccc7c56)cc4)cc3)cc2)ccc1CC. The van der Waals surface area contributed by atoms with Gasteiger partial charge in [-0.1, -0.05) is 166 Å². The molecule has 0 aliphatic carbocycles. The molecule has 0 aliphatic rings. The van der Waals surface area contributed by atoms with Crippen molar-refractivity contribution in [2.75, 3.05) is 4.90 Å². The summed E-state index contributed by atoms with van der Waals surface area (Å²) >= 11 is 1.86. The molecule has 0 N–H and O–H groups in total. The van der Waals surface area contributed by atoms with E-state index in [2.05, 4.69) is 231 Å². The Bertz CT molecular complexity index is 3740. The van der Waals surface area contributed by atoms with Crippen LogP contribution in [0.3, 0.4) is 0 Å². The van der Waals surface area contributed by atoms with Gasteiger partial charge in [0, 0.05) is 48.0 Å². The third-order valence-electron chi connectivity index (χ3n) is 13.5. The van der Waals surface area contributed by atoms with Gasteiger partial charge in [-0.2, -0.15) is 0 Å². The molecule has 12 rings (SSSR count). The van der Waals surface area contributed by atoms with Crippen LogP contribution in [0.25, 0.3) is 97.7 Å². The number of rotatable bonds is 10. The molecule has 0 saturated heterocycles. The molecule has 2 nitrogen and oxygen atoms in total. The van der Waals surface area contributed by atoms with Crippen LogP contribution >= 0.6 is 11.3 Å².